The highest BCUT2D eigenvalue weighted by molar-refractivity contribution is 5.87. The van der Waals surface area contributed by atoms with E-state index >= 15 is 0 Å². The van der Waals surface area contributed by atoms with Crippen LogP contribution in [0.3, 0.4) is 0 Å². The minimum absolute atomic E-state index is 0.0254. The van der Waals surface area contributed by atoms with Crippen molar-refractivity contribution in [3.05, 3.63) is 0 Å². The van der Waals surface area contributed by atoms with E-state index in [-0.39, 0.29) is 12.2 Å². The van der Waals surface area contributed by atoms with Crippen LogP contribution in [0.5, 0.6) is 0 Å². The Labute approximate surface area is 89.8 Å². The first-order valence-corrected chi connectivity index (χ1v) is 5.20. The first-order chi connectivity index (χ1) is 6.99. The molecule has 88 valence electrons. The molecule has 5 nitrogen and oxygen atoms in total. The van der Waals surface area contributed by atoms with Crippen molar-refractivity contribution < 1.29 is 14.7 Å². The predicted octanol–water partition coefficient (Wildman–Crippen LogP) is 0.123. The lowest BCUT2D eigenvalue weighted by molar-refractivity contribution is -0.144. The minimum Gasteiger partial charge on any atom is -0.481 e. The largest absolute Gasteiger partial charge is 0.481 e. The molecule has 2 unspecified atom stereocenters. The monoisotopic (exact) mass is 216 g/mol. The van der Waals surface area contributed by atoms with Crippen molar-refractivity contribution >= 4 is 11.8 Å². The van der Waals surface area contributed by atoms with Gasteiger partial charge in [0.25, 0.3) is 0 Å². The Hall–Kier alpha value is -0.940. The standard InChI is InChI=1S/C10H20N2O3/c1-7(12)9(13)6-8(10(14)15)4-2-3-5-11/h7-8H,2-6,11-12H2,1H3,(H,14,15). The lowest BCUT2D eigenvalue weighted by atomic mass is 9.94. The summed E-state index contributed by atoms with van der Waals surface area (Å²) in [6, 6.07) is -0.582. The molecule has 0 saturated heterocycles. The van der Waals surface area contributed by atoms with Crippen LogP contribution in [-0.2, 0) is 9.59 Å². The highest BCUT2D eigenvalue weighted by Crippen LogP contribution is 2.14. The van der Waals surface area contributed by atoms with Crippen LogP contribution in [0.15, 0.2) is 0 Å². The second-order valence-corrected chi connectivity index (χ2v) is 3.78. The number of hydrogen-bond donors (Lipinski definition) is 3. The van der Waals surface area contributed by atoms with Crippen molar-refractivity contribution in [1.29, 1.82) is 0 Å². The number of unbranched alkanes of at least 4 members (excludes halogenated alkanes) is 1. The lowest BCUT2D eigenvalue weighted by Crippen LogP contribution is -2.30. The van der Waals surface area contributed by atoms with Gasteiger partial charge in [-0.2, -0.15) is 0 Å². The maximum Gasteiger partial charge on any atom is 0.306 e. The number of nitrogens with two attached hydrogens (primary N) is 2. The third-order valence-corrected chi connectivity index (χ3v) is 2.31. The predicted molar refractivity (Wildman–Crippen MR) is 57.3 cm³/mol. The van der Waals surface area contributed by atoms with Gasteiger partial charge in [-0.05, 0) is 26.3 Å². The minimum atomic E-state index is -0.930. The van der Waals surface area contributed by atoms with E-state index in [1.54, 1.807) is 6.92 Å². The SMILES string of the molecule is CC(N)C(=O)CC(CCCCN)C(=O)O. The topological polar surface area (TPSA) is 106 Å². The number of rotatable bonds is 8. The Morgan fingerprint density at radius 2 is 1.93 bits per heavy atom. The number of carboxylic acid groups (broad SMARTS) is 1. The summed E-state index contributed by atoms with van der Waals surface area (Å²) < 4.78 is 0. The molecule has 2 atom stereocenters. The number of ketones is 1. The zero-order valence-corrected chi connectivity index (χ0v) is 9.11. The summed E-state index contributed by atoms with van der Waals surface area (Å²) in [7, 11) is 0. The van der Waals surface area contributed by atoms with E-state index in [4.69, 9.17) is 16.6 Å². The molecule has 5 N–H and O–H groups in total. The van der Waals surface area contributed by atoms with Crippen LogP contribution in [0.25, 0.3) is 0 Å². The van der Waals surface area contributed by atoms with Crippen molar-refractivity contribution in [1.82, 2.24) is 0 Å². The summed E-state index contributed by atoms with van der Waals surface area (Å²) in [5, 5.41) is 8.88. The van der Waals surface area contributed by atoms with Crippen molar-refractivity contribution in [3.8, 4) is 0 Å². The quantitative estimate of drug-likeness (QED) is 0.500. The summed E-state index contributed by atoms with van der Waals surface area (Å²) in [6.07, 6.45) is 2.04. The molecule has 0 aromatic carbocycles. The number of Topliss-reactive ketones (excluding diaryl/α,β-unsaturated/α-hetero) is 1. The molecule has 0 radical (unpaired) electrons. The van der Waals surface area contributed by atoms with E-state index in [2.05, 4.69) is 0 Å². The highest BCUT2D eigenvalue weighted by Gasteiger charge is 2.22. The third kappa shape index (κ3) is 6.19. The molecule has 0 bridgehead atoms. The van der Waals surface area contributed by atoms with Crippen LogP contribution in [0.4, 0.5) is 0 Å². The van der Waals surface area contributed by atoms with Gasteiger partial charge in [0.1, 0.15) is 5.78 Å². The Morgan fingerprint density at radius 1 is 1.33 bits per heavy atom. The van der Waals surface area contributed by atoms with E-state index in [0.29, 0.717) is 13.0 Å². The van der Waals surface area contributed by atoms with Crippen LogP contribution in [0, 0.1) is 5.92 Å². The first-order valence-electron chi connectivity index (χ1n) is 5.20. The van der Waals surface area contributed by atoms with Gasteiger partial charge in [-0.15, -0.1) is 0 Å². The molecule has 0 aromatic heterocycles. The molecule has 0 aliphatic carbocycles. The average Bonchev–Trinajstić information content (AvgIpc) is 2.15. The van der Waals surface area contributed by atoms with Crippen molar-refractivity contribution in [3.63, 3.8) is 0 Å². The van der Waals surface area contributed by atoms with Crippen LogP contribution >= 0.6 is 0 Å². The molecule has 0 aromatic rings. The van der Waals surface area contributed by atoms with Crippen LogP contribution < -0.4 is 11.5 Å². The van der Waals surface area contributed by atoms with Gasteiger partial charge in [0.05, 0.1) is 12.0 Å². The van der Waals surface area contributed by atoms with Gasteiger partial charge in [-0.25, -0.2) is 0 Å². The normalized spacial score (nSPS) is 14.6. The number of aliphatic carboxylic acids is 1. The summed E-state index contributed by atoms with van der Waals surface area (Å²) in [4.78, 5) is 22.1. The van der Waals surface area contributed by atoms with Gasteiger partial charge < -0.3 is 16.6 Å². The van der Waals surface area contributed by atoms with Crippen LogP contribution in [0.2, 0.25) is 0 Å². The second-order valence-electron chi connectivity index (χ2n) is 3.78. The number of hydrogen-bond acceptors (Lipinski definition) is 4. The van der Waals surface area contributed by atoms with Crippen molar-refractivity contribution in [2.45, 2.75) is 38.6 Å². The number of carbonyl (C=O) groups is 2. The zero-order chi connectivity index (χ0) is 11.8. The zero-order valence-electron chi connectivity index (χ0n) is 9.11. The Morgan fingerprint density at radius 3 is 2.33 bits per heavy atom. The Kier molecular flexibility index (Phi) is 6.90. The molecule has 0 spiro atoms. The smallest absolute Gasteiger partial charge is 0.306 e. The third-order valence-electron chi connectivity index (χ3n) is 2.31. The fourth-order valence-electron chi connectivity index (χ4n) is 1.28. The molecule has 0 amide bonds. The molecular formula is C10H20N2O3. The van der Waals surface area contributed by atoms with E-state index in [9.17, 15) is 9.59 Å². The summed E-state index contributed by atoms with van der Waals surface area (Å²) >= 11 is 0. The lowest BCUT2D eigenvalue weighted by Gasteiger charge is -2.12. The molecule has 0 heterocycles. The molecule has 5 heteroatoms. The number of carbonyl (C=O) groups excluding carboxylic acids is 1. The average molecular weight is 216 g/mol. The van der Waals surface area contributed by atoms with Gasteiger partial charge in [-0.1, -0.05) is 6.42 Å². The van der Waals surface area contributed by atoms with Gasteiger partial charge >= 0.3 is 5.97 Å². The maximum atomic E-state index is 11.3. The van der Waals surface area contributed by atoms with Gasteiger partial charge in [0.15, 0.2) is 0 Å². The van der Waals surface area contributed by atoms with Crippen molar-refractivity contribution in [2.24, 2.45) is 17.4 Å². The van der Waals surface area contributed by atoms with Gasteiger partial charge in [-0.3, -0.25) is 9.59 Å². The Bertz CT molecular complexity index is 217. The summed E-state index contributed by atoms with van der Waals surface area (Å²) in [6.45, 7) is 2.12. The van der Waals surface area contributed by atoms with E-state index in [1.807, 2.05) is 0 Å². The summed E-state index contributed by atoms with van der Waals surface area (Å²) in [5.74, 6) is -1.74. The molecule has 0 aliphatic rings. The fraction of sp³-hybridized carbons (Fsp3) is 0.800. The van der Waals surface area contributed by atoms with Crippen molar-refractivity contribution in [2.75, 3.05) is 6.54 Å². The summed E-state index contributed by atoms with van der Waals surface area (Å²) in [5.41, 5.74) is 10.7. The van der Waals surface area contributed by atoms with E-state index in [0.717, 1.165) is 12.8 Å². The van der Waals surface area contributed by atoms with Crippen LogP contribution in [0.1, 0.15) is 32.6 Å². The Balaban J connectivity index is 4.05. The molecular weight excluding hydrogens is 196 g/mol. The fourth-order valence-corrected chi connectivity index (χ4v) is 1.28. The van der Waals surface area contributed by atoms with Gasteiger partial charge in [0, 0.05) is 6.42 Å². The van der Waals surface area contributed by atoms with Crippen LogP contribution in [-0.4, -0.2) is 29.4 Å². The highest BCUT2D eigenvalue weighted by atomic mass is 16.4. The number of carboxylic acids is 1. The second kappa shape index (κ2) is 7.36. The van der Waals surface area contributed by atoms with E-state index in [1.165, 1.54) is 0 Å². The molecule has 15 heavy (non-hydrogen) atoms. The molecule has 0 saturated carbocycles. The maximum absolute atomic E-state index is 11.3. The first kappa shape index (κ1) is 14.1. The molecule has 0 aliphatic heterocycles. The molecule has 0 fully saturated rings. The van der Waals surface area contributed by atoms with Gasteiger partial charge in [0.2, 0.25) is 0 Å². The van der Waals surface area contributed by atoms with E-state index < -0.39 is 17.9 Å². The molecule has 0 rings (SSSR count).